The highest BCUT2D eigenvalue weighted by atomic mass is 32.1. The van der Waals surface area contributed by atoms with E-state index in [4.69, 9.17) is 5.73 Å². The standard InChI is InChI=1S/C14H17N3O2S/c1-14(2)8(6-9(14)18)17-12(19)11-10(15)7-4-3-5-16-13(7)20-11/h3-5,8-9,18H,6,15H2,1-2H3,(H,17,19). The molecule has 1 aliphatic carbocycles. The van der Waals surface area contributed by atoms with Gasteiger partial charge in [0.1, 0.15) is 9.71 Å². The Labute approximate surface area is 120 Å². The maximum Gasteiger partial charge on any atom is 0.263 e. The van der Waals surface area contributed by atoms with E-state index in [0.717, 1.165) is 10.2 Å². The fraction of sp³-hybridized carbons (Fsp3) is 0.429. The van der Waals surface area contributed by atoms with E-state index in [1.807, 2.05) is 19.9 Å². The molecule has 6 heteroatoms. The quantitative estimate of drug-likeness (QED) is 0.787. The Morgan fingerprint density at radius 1 is 1.60 bits per heavy atom. The number of hydrogen-bond acceptors (Lipinski definition) is 5. The molecule has 2 aromatic heterocycles. The van der Waals surface area contributed by atoms with Crippen LogP contribution < -0.4 is 11.1 Å². The number of nitrogens with zero attached hydrogens (tertiary/aromatic N) is 1. The molecule has 2 unspecified atom stereocenters. The molecule has 2 aromatic rings. The second-order valence-corrected chi connectivity index (χ2v) is 6.80. The number of anilines is 1. The number of carbonyl (C=O) groups is 1. The van der Waals surface area contributed by atoms with Crippen molar-refractivity contribution in [1.29, 1.82) is 0 Å². The molecule has 20 heavy (non-hydrogen) atoms. The number of carbonyl (C=O) groups excluding carboxylic acids is 1. The molecule has 0 spiro atoms. The number of aliphatic hydroxyl groups excluding tert-OH is 1. The number of nitrogens with one attached hydrogen (secondary N) is 1. The number of rotatable bonds is 2. The third-order valence-electron chi connectivity index (χ3n) is 4.23. The van der Waals surface area contributed by atoms with Crippen LogP contribution in [0.4, 0.5) is 5.69 Å². The van der Waals surface area contributed by atoms with Crippen molar-refractivity contribution in [1.82, 2.24) is 10.3 Å². The first kappa shape index (κ1) is 13.3. The Morgan fingerprint density at radius 3 is 2.95 bits per heavy atom. The summed E-state index contributed by atoms with van der Waals surface area (Å²) in [6.45, 7) is 3.89. The van der Waals surface area contributed by atoms with Gasteiger partial charge in [-0.1, -0.05) is 13.8 Å². The van der Waals surface area contributed by atoms with Crippen LogP contribution in [0.5, 0.6) is 0 Å². The summed E-state index contributed by atoms with van der Waals surface area (Å²) in [6, 6.07) is 3.64. The van der Waals surface area contributed by atoms with Gasteiger partial charge in [-0.3, -0.25) is 4.79 Å². The second kappa shape index (κ2) is 4.43. The van der Waals surface area contributed by atoms with Crippen molar-refractivity contribution in [2.24, 2.45) is 5.41 Å². The number of hydrogen-bond donors (Lipinski definition) is 3. The molecular formula is C14H17N3O2S. The maximum absolute atomic E-state index is 12.3. The molecule has 0 aromatic carbocycles. The summed E-state index contributed by atoms with van der Waals surface area (Å²) in [4.78, 5) is 17.8. The van der Waals surface area contributed by atoms with Crippen LogP contribution in [0.25, 0.3) is 10.2 Å². The fourth-order valence-corrected chi connectivity index (χ4v) is 3.46. The topological polar surface area (TPSA) is 88.2 Å². The van der Waals surface area contributed by atoms with Crippen LogP contribution in [-0.2, 0) is 0 Å². The zero-order chi connectivity index (χ0) is 14.5. The van der Waals surface area contributed by atoms with Crippen LogP contribution in [0.1, 0.15) is 29.9 Å². The third-order valence-corrected chi connectivity index (χ3v) is 5.36. The Kier molecular flexibility index (Phi) is 2.95. The predicted molar refractivity (Wildman–Crippen MR) is 79.7 cm³/mol. The average molecular weight is 291 g/mol. The first-order valence-electron chi connectivity index (χ1n) is 6.53. The number of amides is 1. The van der Waals surface area contributed by atoms with Gasteiger partial charge in [-0.05, 0) is 18.6 Å². The van der Waals surface area contributed by atoms with Crippen LogP contribution in [-0.4, -0.2) is 28.1 Å². The fourth-order valence-electron chi connectivity index (χ4n) is 2.49. The smallest absolute Gasteiger partial charge is 0.263 e. The summed E-state index contributed by atoms with van der Waals surface area (Å²) in [5, 5.41) is 13.5. The lowest BCUT2D eigenvalue weighted by atomic mass is 9.64. The molecular weight excluding hydrogens is 274 g/mol. The number of aliphatic hydroxyl groups is 1. The molecule has 4 N–H and O–H groups in total. The van der Waals surface area contributed by atoms with E-state index in [1.54, 1.807) is 12.3 Å². The van der Waals surface area contributed by atoms with Crippen LogP contribution >= 0.6 is 11.3 Å². The predicted octanol–water partition coefficient (Wildman–Crippen LogP) is 1.77. The maximum atomic E-state index is 12.3. The minimum absolute atomic E-state index is 0.0254. The molecule has 1 fully saturated rings. The van der Waals surface area contributed by atoms with Crippen molar-refractivity contribution < 1.29 is 9.90 Å². The van der Waals surface area contributed by atoms with E-state index in [-0.39, 0.29) is 23.5 Å². The summed E-state index contributed by atoms with van der Waals surface area (Å²) in [5.74, 6) is -0.185. The zero-order valence-electron chi connectivity index (χ0n) is 11.4. The van der Waals surface area contributed by atoms with Crippen LogP contribution in [0, 0.1) is 5.41 Å². The number of thiophene rings is 1. The van der Waals surface area contributed by atoms with Crippen LogP contribution in [0.2, 0.25) is 0 Å². The molecule has 0 saturated heterocycles. The van der Waals surface area contributed by atoms with Crippen molar-refractivity contribution in [2.45, 2.75) is 32.4 Å². The number of pyridine rings is 1. The van der Waals surface area contributed by atoms with Gasteiger partial charge < -0.3 is 16.2 Å². The van der Waals surface area contributed by atoms with Crippen molar-refractivity contribution >= 4 is 33.1 Å². The van der Waals surface area contributed by atoms with Gasteiger partial charge >= 0.3 is 0 Å². The minimum atomic E-state index is -0.366. The molecule has 1 aliphatic rings. The summed E-state index contributed by atoms with van der Waals surface area (Å²) >= 11 is 1.30. The highest BCUT2D eigenvalue weighted by Crippen LogP contribution is 2.41. The summed E-state index contributed by atoms with van der Waals surface area (Å²) < 4.78 is 0. The van der Waals surface area contributed by atoms with Crippen molar-refractivity contribution in [3.05, 3.63) is 23.2 Å². The normalized spacial score (nSPS) is 24.4. The molecule has 0 radical (unpaired) electrons. The molecule has 0 aliphatic heterocycles. The van der Waals surface area contributed by atoms with Crippen molar-refractivity contribution in [2.75, 3.05) is 5.73 Å². The van der Waals surface area contributed by atoms with Gasteiger partial charge in [-0.15, -0.1) is 11.3 Å². The highest BCUT2D eigenvalue weighted by Gasteiger charge is 2.48. The molecule has 0 bridgehead atoms. The van der Waals surface area contributed by atoms with Crippen molar-refractivity contribution in [3.63, 3.8) is 0 Å². The molecule has 1 amide bonds. The zero-order valence-corrected chi connectivity index (χ0v) is 12.2. The molecule has 2 atom stereocenters. The SMILES string of the molecule is CC1(C)C(O)CC1NC(=O)c1sc2ncccc2c1N. The summed E-state index contributed by atoms with van der Waals surface area (Å²) in [7, 11) is 0. The van der Waals surface area contributed by atoms with Gasteiger partial charge in [0.05, 0.1) is 11.8 Å². The average Bonchev–Trinajstić information content (AvgIpc) is 2.76. The first-order chi connectivity index (χ1) is 9.41. The molecule has 2 heterocycles. The lowest BCUT2D eigenvalue weighted by Crippen LogP contribution is -2.61. The number of nitrogens with two attached hydrogens (primary N) is 1. The van der Waals surface area contributed by atoms with Crippen LogP contribution in [0.15, 0.2) is 18.3 Å². The monoisotopic (exact) mass is 291 g/mol. The van der Waals surface area contributed by atoms with Crippen LogP contribution in [0.3, 0.4) is 0 Å². The van der Waals surface area contributed by atoms with E-state index in [2.05, 4.69) is 10.3 Å². The van der Waals surface area contributed by atoms with Gasteiger partial charge in [0, 0.05) is 23.0 Å². The molecule has 1 saturated carbocycles. The Morgan fingerprint density at radius 2 is 2.35 bits per heavy atom. The Hall–Kier alpha value is -1.66. The number of aromatic nitrogens is 1. The second-order valence-electron chi connectivity index (χ2n) is 5.80. The van der Waals surface area contributed by atoms with Gasteiger partial charge in [0.2, 0.25) is 0 Å². The van der Waals surface area contributed by atoms with Gasteiger partial charge in [0.15, 0.2) is 0 Å². The van der Waals surface area contributed by atoms with E-state index in [1.165, 1.54) is 11.3 Å². The molecule has 5 nitrogen and oxygen atoms in total. The molecule has 106 valence electrons. The van der Waals surface area contributed by atoms with Gasteiger partial charge in [-0.25, -0.2) is 4.98 Å². The first-order valence-corrected chi connectivity index (χ1v) is 7.35. The lowest BCUT2D eigenvalue weighted by Gasteiger charge is -2.49. The van der Waals surface area contributed by atoms with Crippen molar-refractivity contribution in [3.8, 4) is 0 Å². The van der Waals surface area contributed by atoms with E-state index in [9.17, 15) is 9.90 Å². The van der Waals surface area contributed by atoms with E-state index in [0.29, 0.717) is 17.0 Å². The highest BCUT2D eigenvalue weighted by molar-refractivity contribution is 7.21. The summed E-state index contributed by atoms with van der Waals surface area (Å²) in [5.41, 5.74) is 6.22. The van der Waals surface area contributed by atoms with E-state index < -0.39 is 0 Å². The number of fused-ring (bicyclic) bond motifs is 1. The third kappa shape index (κ3) is 1.87. The number of nitrogen functional groups attached to an aromatic ring is 1. The largest absolute Gasteiger partial charge is 0.397 e. The molecule has 3 rings (SSSR count). The van der Waals surface area contributed by atoms with Gasteiger partial charge in [-0.2, -0.15) is 0 Å². The Bertz CT molecular complexity index is 680. The minimum Gasteiger partial charge on any atom is -0.397 e. The Balaban J connectivity index is 1.85. The van der Waals surface area contributed by atoms with Gasteiger partial charge in [0.25, 0.3) is 5.91 Å². The summed E-state index contributed by atoms with van der Waals surface area (Å²) in [6.07, 6.45) is 1.90. The van der Waals surface area contributed by atoms with E-state index >= 15 is 0 Å². The lowest BCUT2D eigenvalue weighted by molar-refractivity contribution is -0.0689.